The highest BCUT2D eigenvalue weighted by molar-refractivity contribution is 14.0. The van der Waals surface area contributed by atoms with E-state index in [2.05, 4.69) is 20.6 Å². The zero-order valence-corrected chi connectivity index (χ0v) is 20.2. The van der Waals surface area contributed by atoms with Crippen LogP contribution in [0.5, 0.6) is 11.5 Å². The largest absolute Gasteiger partial charge is 0.493 e. The highest BCUT2D eigenvalue weighted by atomic mass is 127. The summed E-state index contributed by atoms with van der Waals surface area (Å²) < 4.78 is 47.0. The van der Waals surface area contributed by atoms with Crippen molar-refractivity contribution in [1.29, 1.82) is 0 Å². The van der Waals surface area contributed by atoms with Crippen molar-refractivity contribution >= 4 is 41.5 Å². The van der Waals surface area contributed by atoms with Crippen molar-refractivity contribution in [3.05, 3.63) is 52.8 Å². The third-order valence-corrected chi connectivity index (χ3v) is 4.10. The van der Waals surface area contributed by atoms with Crippen LogP contribution in [0.25, 0.3) is 0 Å². The molecule has 0 unspecified atom stereocenters. The van der Waals surface area contributed by atoms with Crippen LogP contribution in [0.4, 0.5) is 13.2 Å². The van der Waals surface area contributed by atoms with E-state index in [1.54, 1.807) is 24.4 Å². The lowest BCUT2D eigenvalue weighted by molar-refractivity contribution is -0.153. The number of benzene rings is 1. The lowest BCUT2D eigenvalue weighted by atomic mass is 10.2. The van der Waals surface area contributed by atoms with E-state index in [-0.39, 0.29) is 35.5 Å². The minimum absolute atomic E-state index is 0. The molecular formula is C20H25ClF3IN4O2. The molecule has 11 heteroatoms. The molecule has 0 aliphatic carbocycles. The molecule has 0 aliphatic heterocycles. The van der Waals surface area contributed by atoms with Gasteiger partial charge in [0, 0.05) is 19.3 Å². The molecule has 1 aromatic heterocycles. The quantitative estimate of drug-likeness (QED) is 0.199. The SMILES string of the molecule is CCNC(=NCc1ccc(OCC(F)(F)F)c(OC)c1)NCCc1ccc(Cl)nc1.I. The van der Waals surface area contributed by atoms with Crippen molar-refractivity contribution in [3.8, 4) is 11.5 Å². The Morgan fingerprint density at radius 2 is 1.87 bits per heavy atom. The first-order chi connectivity index (χ1) is 14.3. The fourth-order valence-corrected chi connectivity index (χ4v) is 2.59. The molecule has 1 aromatic carbocycles. The van der Waals surface area contributed by atoms with Crippen molar-refractivity contribution < 1.29 is 22.6 Å². The van der Waals surface area contributed by atoms with Gasteiger partial charge in [0.1, 0.15) is 5.15 Å². The summed E-state index contributed by atoms with van der Waals surface area (Å²) >= 11 is 5.78. The second kappa shape index (κ2) is 13.5. The second-order valence-electron chi connectivity index (χ2n) is 6.25. The van der Waals surface area contributed by atoms with Gasteiger partial charge in [0.05, 0.1) is 13.7 Å². The molecule has 2 rings (SSSR count). The lowest BCUT2D eigenvalue weighted by Gasteiger charge is -2.14. The van der Waals surface area contributed by atoms with Gasteiger partial charge in [-0.25, -0.2) is 9.98 Å². The highest BCUT2D eigenvalue weighted by Crippen LogP contribution is 2.30. The van der Waals surface area contributed by atoms with Gasteiger partial charge >= 0.3 is 6.18 Å². The summed E-state index contributed by atoms with van der Waals surface area (Å²) in [6, 6.07) is 8.36. The Labute approximate surface area is 201 Å². The van der Waals surface area contributed by atoms with Crippen LogP contribution in [0.2, 0.25) is 5.15 Å². The van der Waals surface area contributed by atoms with Gasteiger partial charge in [-0.3, -0.25) is 0 Å². The Morgan fingerprint density at radius 1 is 1.13 bits per heavy atom. The molecule has 0 radical (unpaired) electrons. The summed E-state index contributed by atoms with van der Waals surface area (Å²) in [6.45, 7) is 2.22. The Kier molecular flexibility index (Phi) is 11.8. The molecule has 0 saturated heterocycles. The van der Waals surface area contributed by atoms with Gasteiger partial charge in [0.15, 0.2) is 24.1 Å². The zero-order chi connectivity index (χ0) is 22.0. The number of aliphatic imine (C=N–C) groups is 1. The second-order valence-corrected chi connectivity index (χ2v) is 6.64. The highest BCUT2D eigenvalue weighted by Gasteiger charge is 2.29. The van der Waals surface area contributed by atoms with Crippen LogP contribution in [-0.4, -0.2) is 43.9 Å². The number of guanidine groups is 1. The van der Waals surface area contributed by atoms with Crippen LogP contribution >= 0.6 is 35.6 Å². The van der Waals surface area contributed by atoms with Crippen molar-refractivity contribution in [3.63, 3.8) is 0 Å². The topological polar surface area (TPSA) is 67.8 Å². The summed E-state index contributed by atoms with van der Waals surface area (Å²) in [7, 11) is 1.38. The maximum absolute atomic E-state index is 12.4. The number of hydrogen-bond donors (Lipinski definition) is 2. The predicted octanol–water partition coefficient (Wildman–Crippen LogP) is 4.60. The molecule has 0 spiro atoms. The van der Waals surface area contributed by atoms with Gasteiger partial charge in [0.25, 0.3) is 0 Å². The van der Waals surface area contributed by atoms with Gasteiger partial charge < -0.3 is 20.1 Å². The summed E-state index contributed by atoms with van der Waals surface area (Å²) in [5.41, 5.74) is 1.81. The summed E-state index contributed by atoms with van der Waals surface area (Å²) in [5, 5.41) is 6.83. The lowest BCUT2D eigenvalue weighted by Crippen LogP contribution is -2.38. The number of pyridine rings is 1. The van der Waals surface area contributed by atoms with Crippen molar-refractivity contribution in [1.82, 2.24) is 15.6 Å². The molecule has 2 aromatic rings. The Hall–Kier alpha value is -1.95. The summed E-state index contributed by atoms with van der Waals surface area (Å²) in [5.74, 6) is 0.875. The molecule has 172 valence electrons. The van der Waals surface area contributed by atoms with E-state index < -0.39 is 12.8 Å². The number of nitrogens with zero attached hydrogens (tertiary/aromatic N) is 2. The van der Waals surface area contributed by atoms with E-state index in [0.29, 0.717) is 30.7 Å². The summed E-state index contributed by atoms with van der Waals surface area (Å²) in [6.07, 6.45) is -1.95. The van der Waals surface area contributed by atoms with E-state index in [1.165, 1.54) is 13.2 Å². The molecule has 31 heavy (non-hydrogen) atoms. The number of alkyl halides is 3. The van der Waals surface area contributed by atoms with Crippen LogP contribution in [0, 0.1) is 0 Å². The fraction of sp³-hybridized carbons (Fsp3) is 0.400. The third-order valence-electron chi connectivity index (χ3n) is 3.88. The van der Waals surface area contributed by atoms with E-state index in [4.69, 9.17) is 21.1 Å². The van der Waals surface area contributed by atoms with E-state index in [0.717, 1.165) is 17.5 Å². The average Bonchev–Trinajstić information content (AvgIpc) is 2.71. The molecule has 0 fully saturated rings. The van der Waals surface area contributed by atoms with Crippen molar-refractivity contribution in [2.45, 2.75) is 26.1 Å². The van der Waals surface area contributed by atoms with Crippen LogP contribution < -0.4 is 20.1 Å². The van der Waals surface area contributed by atoms with Crippen LogP contribution in [0.15, 0.2) is 41.5 Å². The smallest absolute Gasteiger partial charge is 0.422 e. The molecule has 6 nitrogen and oxygen atoms in total. The molecular weight excluding hydrogens is 548 g/mol. The van der Waals surface area contributed by atoms with E-state index in [9.17, 15) is 13.2 Å². The summed E-state index contributed by atoms with van der Waals surface area (Å²) in [4.78, 5) is 8.55. The first kappa shape index (κ1) is 27.1. The van der Waals surface area contributed by atoms with E-state index in [1.807, 2.05) is 13.0 Å². The predicted molar refractivity (Wildman–Crippen MR) is 126 cm³/mol. The zero-order valence-electron chi connectivity index (χ0n) is 17.1. The molecule has 0 amide bonds. The van der Waals surface area contributed by atoms with Crippen molar-refractivity contribution in [2.75, 3.05) is 26.8 Å². The first-order valence-electron chi connectivity index (χ1n) is 9.30. The van der Waals surface area contributed by atoms with Gasteiger partial charge in [-0.2, -0.15) is 13.2 Å². The van der Waals surface area contributed by atoms with E-state index >= 15 is 0 Å². The number of rotatable bonds is 9. The third kappa shape index (κ3) is 10.3. The van der Waals surface area contributed by atoms with Gasteiger partial charge in [-0.05, 0) is 42.7 Å². The van der Waals surface area contributed by atoms with Crippen molar-refractivity contribution in [2.24, 2.45) is 4.99 Å². The molecule has 0 bridgehead atoms. The number of hydrogen-bond acceptors (Lipinski definition) is 4. The number of aromatic nitrogens is 1. The monoisotopic (exact) mass is 572 g/mol. The Balaban J connectivity index is 0.00000480. The Bertz CT molecular complexity index is 836. The molecule has 0 atom stereocenters. The maximum Gasteiger partial charge on any atom is 0.422 e. The number of nitrogens with one attached hydrogen (secondary N) is 2. The van der Waals surface area contributed by atoms with Gasteiger partial charge in [-0.1, -0.05) is 23.7 Å². The van der Waals surface area contributed by atoms with Gasteiger partial charge in [-0.15, -0.1) is 24.0 Å². The number of ether oxygens (including phenoxy) is 2. The van der Waals surface area contributed by atoms with Crippen LogP contribution in [0.1, 0.15) is 18.1 Å². The maximum atomic E-state index is 12.4. The van der Waals surface area contributed by atoms with Crippen LogP contribution in [0.3, 0.4) is 0 Å². The number of halogens is 5. The molecule has 2 N–H and O–H groups in total. The minimum atomic E-state index is -4.41. The first-order valence-corrected chi connectivity index (χ1v) is 9.67. The molecule has 1 heterocycles. The van der Waals surface area contributed by atoms with Crippen LogP contribution in [-0.2, 0) is 13.0 Å². The standard InChI is InChI=1S/C20H24ClF3N4O2.HI/c1-3-25-19(26-9-8-14-5-7-18(21)27-11-14)28-12-15-4-6-16(17(10-15)29-2)30-13-20(22,23)24;/h4-7,10-11H,3,8-9,12-13H2,1-2H3,(H2,25,26,28);1H. The molecule has 0 aliphatic rings. The Morgan fingerprint density at radius 3 is 2.48 bits per heavy atom. The molecule has 0 saturated carbocycles. The number of methoxy groups -OCH3 is 1. The van der Waals surface area contributed by atoms with Gasteiger partial charge in [0.2, 0.25) is 0 Å². The fourth-order valence-electron chi connectivity index (χ4n) is 2.48. The minimum Gasteiger partial charge on any atom is -0.493 e. The average molecular weight is 573 g/mol. The normalized spacial score (nSPS) is 11.5.